The second kappa shape index (κ2) is 8.16. The van der Waals surface area contributed by atoms with Crippen LogP contribution in [0.25, 0.3) is 0 Å². The summed E-state index contributed by atoms with van der Waals surface area (Å²) in [4.78, 5) is 16.8. The molecule has 134 valence electrons. The Morgan fingerprint density at radius 3 is 2.72 bits per heavy atom. The van der Waals surface area contributed by atoms with Gasteiger partial charge < -0.3 is 19.4 Å². The quantitative estimate of drug-likeness (QED) is 0.875. The van der Waals surface area contributed by atoms with Gasteiger partial charge in [0.15, 0.2) is 0 Å². The Morgan fingerprint density at radius 2 is 2.04 bits per heavy atom. The largest absolute Gasteiger partial charge is 0.497 e. The van der Waals surface area contributed by atoms with Crippen molar-refractivity contribution in [2.75, 3.05) is 26.9 Å². The third kappa shape index (κ3) is 4.20. The summed E-state index contributed by atoms with van der Waals surface area (Å²) in [6.45, 7) is 4.94. The summed E-state index contributed by atoms with van der Waals surface area (Å²) in [7, 11) is 1.61. The normalized spacial score (nSPS) is 15.1. The molecule has 6 heteroatoms. The number of methoxy groups -OCH3 is 1. The number of aromatic nitrogens is 2. The van der Waals surface area contributed by atoms with Crippen LogP contribution in [0, 0.1) is 6.92 Å². The van der Waals surface area contributed by atoms with Crippen LogP contribution >= 0.6 is 0 Å². The first-order valence-corrected chi connectivity index (χ1v) is 8.71. The molecule has 6 nitrogen and oxygen atoms in total. The van der Waals surface area contributed by atoms with Gasteiger partial charge in [-0.15, -0.1) is 0 Å². The Balaban J connectivity index is 1.58. The fourth-order valence-electron chi connectivity index (χ4n) is 3.18. The number of carbonyl (C=O) groups excluding carboxylic acids is 1. The molecule has 1 aromatic carbocycles. The summed E-state index contributed by atoms with van der Waals surface area (Å²) in [5, 5.41) is 2.98. The Labute approximate surface area is 148 Å². The fourth-order valence-corrected chi connectivity index (χ4v) is 3.18. The zero-order valence-electron chi connectivity index (χ0n) is 14.8. The predicted molar refractivity (Wildman–Crippen MR) is 95.1 cm³/mol. The number of nitrogens with one attached hydrogen (secondary N) is 1. The number of hydrogen-bond acceptors (Lipinski definition) is 4. The zero-order chi connectivity index (χ0) is 17.6. The SMILES string of the molecule is COc1ccc(C(=O)NCCn2c(C)cnc2C2CCOCC2)cc1. The van der Waals surface area contributed by atoms with Crippen molar-refractivity contribution >= 4 is 5.91 Å². The second-order valence-electron chi connectivity index (χ2n) is 6.28. The maximum absolute atomic E-state index is 12.3. The minimum Gasteiger partial charge on any atom is -0.497 e. The lowest BCUT2D eigenvalue weighted by Gasteiger charge is -2.23. The van der Waals surface area contributed by atoms with E-state index in [0.717, 1.165) is 49.9 Å². The molecule has 1 amide bonds. The van der Waals surface area contributed by atoms with Crippen molar-refractivity contribution < 1.29 is 14.3 Å². The number of ether oxygens (including phenoxy) is 2. The average molecular weight is 343 g/mol. The molecule has 1 aliphatic heterocycles. The van der Waals surface area contributed by atoms with E-state index in [2.05, 4.69) is 21.8 Å². The van der Waals surface area contributed by atoms with Gasteiger partial charge in [0.1, 0.15) is 11.6 Å². The van der Waals surface area contributed by atoms with Crippen LogP contribution in [0.3, 0.4) is 0 Å². The van der Waals surface area contributed by atoms with Gasteiger partial charge in [-0.05, 0) is 44.0 Å². The molecule has 25 heavy (non-hydrogen) atoms. The highest BCUT2D eigenvalue weighted by atomic mass is 16.5. The third-order valence-electron chi connectivity index (χ3n) is 4.65. The second-order valence-corrected chi connectivity index (χ2v) is 6.28. The van der Waals surface area contributed by atoms with Crippen molar-refractivity contribution in [3.63, 3.8) is 0 Å². The number of amides is 1. The Kier molecular flexibility index (Phi) is 5.71. The van der Waals surface area contributed by atoms with Crippen LogP contribution < -0.4 is 10.1 Å². The highest BCUT2D eigenvalue weighted by Gasteiger charge is 2.21. The molecule has 0 aliphatic carbocycles. The van der Waals surface area contributed by atoms with Crippen molar-refractivity contribution in [1.29, 1.82) is 0 Å². The van der Waals surface area contributed by atoms with E-state index < -0.39 is 0 Å². The summed E-state index contributed by atoms with van der Waals surface area (Å²) < 4.78 is 12.8. The van der Waals surface area contributed by atoms with E-state index in [9.17, 15) is 4.79 Å². The standard InChI is InChI=1S/C19H25N3O3/c1-14-13-21-18(15-7-11-25-12-8-15)22(14)10-9-20-19(23)16-3-5-17(24-2)6-4-16/h3-6,13,15H,7-12H2,1-2H3,(H,20,23). The van der Waals surface area contributed by atoms with Gasteiger partial charge >= 0.3 is 0 Å². The molecule has 2 heterocycles. The number of imidazole rings is 1. The lowest BCUT2D eigenvalue weighted by Crippen LogP contribution is -2.28. The first-order valence-electron chi connectivity index (χ1n) is 8.71. The van der Waals surface area contributed by atoms with Gasteiger partial charge in [-0.2, -0.15) is 0 Å². The predicted octanol–water partition coefficient (Wildman–Crippen LogP) is 2.52. The molecule has 0 atom stereocenters. The third-order valence-corrected chi connectivity index (χ3v) is 4.65. The van der Waals surface area contributed by atoms with Gasteiger partial charge in [-0.3, -0.25) is 4.79 Å². The van der Waals surface area contributed by atoms with E-state index in [1.807, 2.05) is 6.20 Å². The molecule has 0 spiro atoms. The maximum Gasteiger partial charge on any atom is 0.251 e. The summed E-state index contributed by atoms with van der Waals surface area (Å²) in [5.74, 6) is 2.22. The molecule has 0 radical (unpaired) electrons. The van der Waals surface area contributed by atoms with Crippen LogP contribution in [0.1, 0.15) is 40.6 Å². The van der Waals surface area contributed by atoms with Crippen molar-refractivity contribution in [2.45, 2.75) is 32.2 Å². The summed E-state index contributed by atoms with van der Waals surface area (Å²) in [5.41, 5.74) is 1.76. The lowest BCUT2D eigenvalue weighted by molar-refractivity contribution is 0.0827. The molecule has 1 aromatic heterocycles. The highest BCUT2D eigenvalue weighted by Crippen LogP contribution is 2.26. The molecular formula is C19H25N3O3. The maximum atomic E-state index is 12.3. The lowest BCUT2D eigenvalue weighted by atomic mass is 9.99. The number of nitrogens with zero attached hydrogens (tertiary/aromatic N) is 2. The van der Waals surface area contributed by atoms with E-state index in [4.69, 9.17) is 9.47 Å². The minimum atomic E-state index is -0.0759. The first-order chi connectivity index (χ1) is 12.2. The molecular weight excluding hydrogens is 318 g/mol. The molecule has 1 saturated heterocycles. The smallest absolute Gasteiger partial charge is 0.251 e. The highest BCUT2D eigenvalue weighted by molar-refractivity contribution is 5.94. The van der Waals surface area contributed by atoms with Gasteiger partial charge in [0.25, 0.3) is 5.91 Å². The van der Waals surface area contributed by atoms with Gasteiger partial charge in [0, 0.05) is 49.7 Å². The van der Waals surface area contributed by atoms with E-state index in [1.54, 1.807) is 31.4 Å². The van der Waals surface area contributed by atoms with Gasteiger partial charge in [-0.25, -0.2) is 4.98 Å². The number of aryl methyl sites for hydroxylation is 1. The van der Waals surface area contributed by atoms with Crippen LogP contribution in [0.4, 0.5) is 0 Å². The van der Waals surface area contributed by atoms with Gasteiger partial charge in [0.05, 0.1) is 7.11 Å². The van der Waals surface area contributed by atoms with Crippen molar-refractivity contribution in [3.05, 3.63) is 47.5 Å². The molecule has 0 unspecified atom stereocenters. The van der Waals surface area contributed by atoms with E-state index in [0.29, 0.717) is 18.0 Å². The molecule has 0 bridgehead atoms. The molecule has 1 fully saturated rings. The number of hydrogen-bond donors (Lipinski definition) is 1. The number of benzene rings is 1. The fraction of sp³-hybridized carbons (Fsp3) is 0.474. The Bertz CT molecular complexity index is 703. The summed E-state index contributed by atoms with van der Waals surface area (Å²) in [6, 6.07) is 7.12. The molecule has 1 aliphatic rings. The summed E-state index contributed by atoms with van der Waals surface area (Å²) in [6.07, 6.45) is 3.93. The van der Waals surface area contributed by atoms with Crippen LogP contribution in [0.5, 0.6) is 5.75 Å². The molecule has 0 saturated carbocycles. The Morgan fingerprint density at radius 1 is 1.32 bits per heavy atom. The van der Waals surface area contributed by atoms with E-state index in [-0.39, 0.29) is 5.91 Å². The number of rotatable bonds is 6. The van der Waals surface area contributed by atoms with Gasteiger partial charge in [0.2, 0.25) is 0 Å². The van der Waals surface area contributed by atoms with Crippen molar-refractivity contribution in [1.82, 2.24) is 14.9 Å². The van der Waals surface area contributed by atoms with Crippen molar-refractivity contribution in [2.24, 2.45) is 0 Å². The Hall–Kier alpha value is -2.34. The van der Waals surface area contributed by atoms with Gasteiger partial charge in [-0.1, -0.05) is 0 Å². The monoisotopic (exact) mass is 343 g/mol. The molecule has 2 aromatic rings. The summed E-state index contributed by atoms with van der Waals surface area (Å²) >= 11 is 0. The van der Waals surface area contributed by atoms with E-state index >= 15 is 0 Å². The number of carbonyl (C=O) groups is 1. The van der Waals surface area contributed by atoms with Crippen LogP contribution in [-0.4, -0.2) is 42.3 Å². The zero-order valence-corrected chi connectivity index (χ0v) is 14.8. The van der Waals surface area contributed by atoms with E-state index in [1.165, 1.54) is 0 Å². The molecule has 3 rings (SSSR count). The first kappa shape index (κ1) is 17.5. The van der Waals surface area contributed by atoms with Crippen LogP contribution in [0.15, 0.2) is 30.5 Å². The molecule has 1 N–H and O–H groups in total. The van der Waals surface area contributed by atoms with Crippen LogP contribution in [-0.2, 0) is 11.3 Å². The topological polar surface area (TPSA) is 65.4 Å². The average Bonchev–Trinajstić information content (AvgIpc) is 3.03. The minimum absolute atomic E-state index is 0.0759. The van der Waals surface area contributed by atoms with Crippen LogP contribution in [0.2, 0.25) is 0 Å². The van der Waals surface area contributed by atoms with Crippen molar-refractivity contribution in [3.8, 4) is 5.75 Å².